The average Bonchev–Trinajstić information content (AvgIpc) is 1.89. The van der Waals surface area contributed by atoms with Gasteiger partial charge in [0.1, 0.15) is 0 Å². The van der Waals surface area contributed by atoms with Crippen LogP contribution in [0.4, 0.5) is 4.79 Å². The van der Waals surface area contributed by atoms with Crippen molar-refractivity contribution in [3.8, 4) is 0 Å². The highest BCUT2D eigenvalue weighted by molar-refractivity contribution is 5.56. The lowest BCUT2D eigenvalue weighted by Gasteiger charge is -1.87. The Balaban J connectivity index is 0. The van der Waals surface area contributed by atoms with E-state index in [4.69, 9.17) is 10.8 Å². The van der Waals surface area contributed by atoms with Crippen LogP contribution in [0.5, 0.6) is 0 Å². The van der Waals surface area contributed by atoms with Gasteiger partial charge < -0.3 is 15.6 Å². The summed E-state index contributed by atoms with van der Waals surface area (Å²) in [4.78, 5) is 9.38. The molecule has 0 aliphatic rings. The van der Waals surface area contributed by atoms with Crippen LogP contribution < -0.4 is 5.73 Å². The van der Waals surface area contributed by atoms with Gasteiger partial charge in [0, 0.05) is 0 Å². The van der Waals surface area contributed by atoms with Crippen molar-refractivity contribution in [2.75, 3.05) is 13.2 Å². The van der Waals surface area contributed by atoms with Gasteiger partial charge >= 0.3 is 6.16 Å². The maximum absolute atomic E-state index is 9.38. The Kier molecular flexibility index (Phi) is 13.3. The van der Waals surface area contributed by atoms with Crippen molar-refractivity contribution in [3.05, 3.63) is 0 Å². The Morgan fingerprint density at radius 2 is 2.00 bits per heavy atom. The zero-order valence-electron chi connectivity index (χ0n) is 6.46. The van der Waals surface area contributed by atoms with Crippen LogP contribution in [0, 0.1) is 0 Å². The summed E-state index contributed by atoms with van der Waals surface area (Å²) in [6.45, 7) is 4.73. The van der Waals surface area contributed by atoms with E-state index in [0.717, 1.165) is 13.0 Å². The van der Waals surface area contributed by atoms with Crippen LogP contribution in [0.2, 0.25) is 0 Å². The zero-order chi connectivity index (χ0) is 8.41. The van der Waals surface area contributed by atoms with Gasteiger partial charge in [-0.15, -0.1) is 0 Å². The van der Waals surface area contributed by atoms with E-state index >= 15 is 0 Å². The zero-order valence-corrected chi connectivity index (χ0v) is 6.46. The quantitative estimate of drug-likeness (QED) is 0.576. The molecule has 4 heteroatoms. The predicted molar refractivity (Wildman–Crippen MR) is 39.0 cm³/mol. The molecule has 0 spiro atoms. The van der Waals surface area contributed by atoms with Crippen LogP contribution in [0.1, 0.15) is 20.3 Å². The molecule has 0 bridgehead atoms. The number of rotatable bonds is 2. The summed E-state index contributed by atoms with van der Waals surface area (Å²) in [6.07, 6.45) is -0.113. The number of ether oxygens (including phenoxy) is 1. The third-order valence-electron chi connectivity index (χ3n) is 0.556. The van der Waals surface area contributed by atoms with E-state index < -0.39 is 6.16 Å². The first kappa shape index (κ1) is 12.0. The van der Waals surface area contributed by atoms with E-state index in [0.29, 0.717) is 0 Å². The highest BCUT2D eigenvalue weighted by Gasteiger charge is 1.86. The van der Waals surface area contributed by atoms with Gasteiger partial charge in [-0.05, 0) is 19.9 Å². The minimum atomic E-state index is -1.21. The maximum atomic E-state index is 9.38. The van der Waals surface area contributed by atoms with Gasteiger partial charge in [-0.2, -0.15) is 0 Å². The normalized spacial score (nSPS) is 7.50. The Morgan fingerprint density at radius 1 is 1.60 bits per heavy atom. The lowest BCUT2D eigenvalue weighted by Crippen LogP contribution is -1.97. The fraction of sp³-hybridized carbons (Fsp3) is 0.833. The smallest absolute Gasteiger partial charge is 0.450 e. The molecular formula is C6H15NO3. The number of hydrogen-bond donors (Lipinski definition) is 2. The second kappa shape index (κ2) is 11.1. The van der Waals surface area contributed by atoms with Crippen LogP contribution >= 0.6 is 0 Å². The second-order valence-corrected chi connectivity index (χ2v) is 1.49. The molecule has 0 heterocycles. The van der Waals surface area contributed by atoms with Crippen LogP contribution in [-0.2, 0) is 4.74 Å². The summed E-state index contributed by atoms with van der Waals surface area (Å²) in [7, 11) is 0. The SMILES string of the molecule is CCCN.CCOC(=O)O. The molecule has 4 nitrogen and oxygen atoms in total. The Morgan fingerprint density at radius 3 is 2.00 bits per heavy atom. The van der Waals surface area contributed by atoms with E-state index in [9.17, 15) is 4.79 Å². The first-order valence-electron chi connectivity index (χ1n) is 3.24. The standard InChI is InChI=1S/C3H9N.C3H6O3/c1-2-3-4;1-2-6-3(4)5/h2-4H2,1H3;2H2,1H3,(H,4,5). The fourth-order valence-electron chi connectivity index (χ4n) is 0.123. The maximum Gasteiger partial charge on any atom is 0.505 e. The van der Waals surface area contributed by atoms with Crippen molar-refractivity contribution in [2.24, 2.45) is 5.73 Å². The molecule has 0 amide bonds. The first-order valence-corrected chi connectivity index (χ1v) is 3.24. The molecule has 0 atom stereocenters. The molecule has 0 fully saturated rings. The van der Waals surface area contributed by atoms with Crippen molar-refractivity contribution in [1.82, 2.24) is 0 Å². The van der Waals surface area contributed by atoms with Crippen molar-refractivity contribution in [2.45, 2.75) is 20.3 Å². The molecule has 0 saturated carbocycles. The number of carboxylic acid groups (broad SMARTS) is 1. The lowest BCUT2D eigenvalue weighted by molar-refractivity contribution is 0.0966. The van der Waals surface area contributed by atoms with Crippen molar-refractivity contribution >= 4 is 6.16 Å². The Bertz CT molecular complexity index is 73.4. The van der Waals surface area contributed by atoms with Gasteiger partial charge in [-0.3, -0.25) is 0 Å². The third kappa shape index (κ3) is 26.9. The summed E-state index contributed by atoms with van der Waals surface area (Å²) in [5.74, 6) is 0. The number of carbonyl (C=O) groups is 1. The highest BCUT2D eigenvalue weighted by atomic mass is 16.7. The largest absolute Gasteiger partial charge is 0.505 e. The number of hydrogen-bond acceptors (Lipinski definition) is 3. The lowest BCUT2D eigenvalue weighted by atomic mass is 10.5. The first-order chi connectivity index (χ1) is 4.68. The molecular weight excluding hydrogens is 134 g/mol. The molecule has 0 saturated heterocycles. The van der Waals surface area contributed by atoms with Crippen molar-refractivity contribution < 1.29 is 14.6 Å². The minimum Gasteiger partial charge on any atom is -0.450 e. The summed E-state index contributed by atoms with van der Waals surface area (Å²) < 4.78 is 3.96. The van der Waals surface area contributed by atoms with E-state index in [1.165, 1.54) is 0 Å². The highest BCUT2D eigenvalue weighted by Crippen LogP contribution is 1.69. The predicted octanol–water partition coefficient (Wildman–Crippen LogP) is 1.06. The van der Waals surface area contributed by atoms with Crippen molar-refractivity contribution in [1.29, 1.82) is 0 Å². The summed E-state index contributed by atoms with van der Waals surface area (Å²) >= 11 is 0. The third-order valence-corrected chi connectivity index (χ3v) is 0.556. The van der Waals surface area contributed by atoms with E-state index in [1.54, 1.807) is 6.92 Å². The molecule has 0 aromatic rings. The van der Waals surface area contributed by atoms with E-state index in [2.05, 4.69) is 11.7 Å². The van der Waals surface area contributed by atoms with Crippen LogP contribution in [0.15, 0.2) is 0 Å². The molecule has 0 aliphatic carbocycles. The molecule has 0 aliphatic heterocycles. The van der Waals surface area contributed by atoms with Gasteiger partial charge in [-0.25, -0.2) is 4.79 Å². The van der Waals surface area contributed by atoms with E-state index in [1.807, 2.05) is 0 Å². The van der Waals surface area contributed by atoms with E-state index in [-0.39, 0.29) is 6.61 Å². The minimum absolute atomic E-state index is 0.231. The Hall–Kier alpha value is -0.770. The van der Waals surface area contributed by atoms with Gasteiger partial charge in [-0.1, -0.05) is 6.92 Å². The monoisotopic (exact) mass is 149 g/mol. The molecule has 0 unspecified atom stereocenters. The average molecular weight is 149 g/mol. The van der Waals surface area contributed by atoms with Gasteiger partial charge in [0.05, 0.1) is 6.61 Å². The van der Waals surface area contributed by atoms with Crippen LogP contribution in [0.3, 0.4) is 0 Å². The second-order valence-electron chi connectivity index (χ2n) is 1.49. The van der Waals surface area contributed by atoms with Crippen molar-refractivity contribution in [3.63, 3.8) is 0 Å². The van der Waals surface area contributed by atoms with Crippen LogP contribution in [-0.4, -0.2) is 24.4 Å². The molecule has 0 rings (SSSR count). The summed E-state index contributed by atoms with van der Waals surface area (Å²) in [5.41, 5.74) is 5.03. The molecule has 0 aromatic carbocycles. The molecule has 62 valence electrons. The fourth-order valence-corrected chi connectivity index (χ4v) is 0.123. The van der Waals surface area contributed by atoms with Gasteiger partial charge in [0.15, 0.2) is 0 Å². The topological polar surface area (TPSA) is 72.5 Å². The Labute approximate surface area is 61.0 Å². The van der Waals surface area contributed by atoms with Gasteiger partial charge in [0.2, 0.25) is 0 Å². The molecule has 0 radical (unpaired) electrons. The molecule has 3 N–H and O–H groups in total. The summed E-state index contributed by atoms with van der Waals surface area (Å²) in [6, 6.07) is 0. The summed E-state index contributed by atoms with van der Waals surface area (Å²) in [5, 5.41) is 7.69. The molecule has 10 heavy (non-hydrogen) atoms. The van der Waals surface area contributed by atoms with Crippen LogP contribution in [0.25, 0.3) is 0 Å². The molecule has 0 aromatic heterocycles. The number of nitrogens with two attached hydrogens (primary N) is 1. The van der Waals surface area contributed by atoms with Gasteiger partial charge in [0.25, 0.3) is 0 Å².